The van der Waals surface area contributed by atoms with Gasteiger partial charge < -0.3 is 19.5 Å². The fraction of sp³-hybridized carbons (Fsp3) is 0.423. The zero-order valence-corrected chi connectivity index (χ0v) is 19.6. The van der Waals surface area contributed by atoms with Crippen LogP contribution in [-0.4, -0.2) is 56.5 Å². The van der Waals surface area contributed by atoms with Gasteiger partial charge in [0.05, 0.1) is 17.0 Å². The van der Waals surface area contributed by atoms with E-state index in [0.29, 0.717) is 5.92 Å². The van der Waals surface area contributed by atoms with Gasteiger partial charge in [0.1, 0.15) is 5.75 Å². The normalized spacial score (nSPS) is 18.8. The standard InChI is InChI=1S/C26H31N3O3S/c30-25-6-2-1-5-22(25)20-7-8-24-23(15-20)26(21(16-27-24)18-33(31)32)29-13-9-19(10-14-29)17-28-11-3-4-12-28/h1-2,5-8,15-16,19,30H,3-4,9-14,17-18H2,(H,31,32). The first-order valence-electron chi connectivity index (χ1n) is 11.8. The van der Waals surface area contributed by atoms with Gasteiger partial charge in [-0.2, -0.15) is 0 Å². The summed E-state index contributed by atoms with van der Waals surface area (Å²) in [5.41, 5.74) is 4.35. The molecule has 1 atom stereocenters. The van der Waals surface area contributed by atoms with E-state index in [1.54, 1.807) is 12.3 Å². The van der Waals surface area contributed by atoms with Crippen LogP contribution in [0.2, 0.25) is 0 Å². The Bertz CT molecular complexity index is 1150. The topological polar surface area (TPSA) is 76.9 Å². The van der Waals surface area contributed by atoms with Gasteiger partial charge >= 0.3 is 0 Å². The van der Waals surface area contributed by atoms with Gasteiger partial charge in [0.25, 0.3) is 0 Å². The Morgan fingerprint density at radius 3 is 2.52 bits per heavy atom. The van der Waals surface area contributed by atoms with Crippen molar-refractivity contribution in [2.45, 2.75) is 31.4 Å². The summed E-state index contributed by atoms with van der Waals surface area (Å²) < 4.78 is 21.4. The molecular formula is C26H31N3O3S. The zero-order chi connectivity index (χ0) is 22.8. The van der Waals surface area contributed by atoms with Gasteiger partial charge in [0.2, 0.25) is 0 Å². The summed E-state index contributed by atoms with van der Waals surface area (Å²) in [6, 6.07) is 13.3. The Morgan fingerprint density at radius 1 is 1.03 bits per heavy atom. The highest BCUT2D eigenvalue weighted by Crippen LogP contribution is 2.37. The molecular weight excluding hydrogens is 434 g/mol. The van der Waals surface area contributed by atoms with Crippen LogP contribution in [0.5, 0.6) is 5.75 Å². The largest absolute Gasteiger partial charge is 0.507 e. The predicted molar refractivity (Wildman–Crippen MR) is 134 cm³/mol. The van der Waals surface area contributed by atoms with Gasteiger partial charge in [0.15, 0.2) is 11.1 Å². The van der Waals surface area contributed by atoms with Crippen molar-refractivity contribution < 1.29 is 13.9 Å². The molecule has 6 nitrogen and oxygen atoms in total. The van der Waals surface area contributed by atoms with Gasteiger partial charge in [-0.25, -0.2) is 4.21 Å². The number of aromatic hydroxyl groups is 1. The van der Waals surface area contributed by atoms with Crippen LogP contribution in [0.25, 0.3) is 22.0 Å². The predicted octanol–water partition coefficient (Wildman–Crippen LogP) is 4.64. The SMILES string of the molecule is O=S(O)Cc1cnc2ccc(-c3ccccc3O)cc2c1N1CCC(CN2CCCC2)CC1. The van der Waals surface area contributed by atoms with Crippen molar-refractivity contribution in [2.75, 3.05) is 37.6 Å². The van der Waals surface area contributed by atoms with Crippen LogP contribution >= 0.6 is 0 Å². The third-order valence-electron chi connectivity index (χ3n) is 7.06. The van der Waals surface area contributed by atoms with E-state index in [4.69, 9.17) is 0 Å². The Labute approximate surface area is 197 Å². The minimum absolute atomic E-state index is 0.0623. The molecule has 2 N–H and O–H groups in total. The first kappa shape index (κ1) is 22.3. The van der Waals surface area contributed by atoms with E-state index in [1.165, 1.54) is 32.5 Å². The van der Waals surface area contributed by atoms with Gasteiger partial charge in [-0.15, -0.1) is 0 Å². The van der Waals surface area contributed by atoms with E-state index < -0.39 is 11.1 Å². The number of pyridine rings is 1. The summed E-state index contributed by atoms with van der Waals surface area (Å²) in [5.74, 6) is 1.01. The molecule has 2 aliphatic heterocycles. The van der Waals surface area contributed by atoms with Gasteiger partial charge in [-0.05, 0) is 68.5 Å². The molecule has 0 bridgehead atoms. The number of para-hydroxylation sites is 1. The van der Waals surface area contributed by atoms with E-state index in [9.17, 15) is 13.9 Å². The average molecular weight is 466 g/mol. The zero-order valence-electron chi connectivity index (χ0n) is 18.8. The number of phenols is 1. The van der Waals surface area contributed by atoms with E-state index in [1.807, 2.05) is 30.3 Å². The fourth-order valence-corrected chi connectivity index (χ4v) is 5.86. The number of anilines is 1. The number of phenolic OH excluding ortho intramolecular Hbond substituents is 1. The molecule has 174 valence electrons. The molecule has 7 heteroatoms. The van der Waals surface area contributed by atoms with Crippen molar-refractivity contribution in [1.29, 1.82) is 0 Å². The molecule has 3 heterocycles. The van der Waals surface area contributed by atoms with Gasteiger partial charge in [0, 0.05) is 42.3 Å². The van der Waals surface area contributed by atoms with E-state index in [2.05, 4.69) is 20.9 Å². The molecule has 2 saturated heterocycles. The lowest BCUT2D eigenvalue weighted by Gasteiger charge is -2.36. The number of benzene rings is 2. The fourth-order valence-electron chi connectivity index (χ4n) is 5.39. The first-order valence-corrected chi connectivity index (χ1v) is 13.1. The van der Waals surface area contributed by atoms with Gasteiger partial charge in [-0.1, -0.05) is 24.3 Å². The van der Waals surface area contributed by atoms with Crippen LogP contribution in [0.3, 0.4) is 0 Å². The molecule has 2 aromatic carbocycles. The second-order valence-corrected chi connectivity index (χ2v) is 10.2. The molecule has 0 saturated carbocycles. The number of hydrogen-bond acceptors (Lipinski definition) is 5. The van der Waals surface area contributed by atoms with Gasteiger partial charge in [-0.3, -0.25) is 4.98 Å². The Kier molecular flexibility index (Phi) is 6.62. The van der Waals surface area contributed by atoms with Crippen molar-refractivity contribution in [3.8, 4) is 16.9 Å². The lowest BCUT2D eigenvalue weighted by atomic mass is 9.94. The minimum atomic E-state index is -1.94. The molecule has 2 aliphatic rings. The van der Waals surface area contributed by atoms with Crippen molar-refractivity contribution in [1.82, 2.24) is 9.88 Å². The van der Waals surface area contributed by atoms with E-state index >= 15 is 0 Å². The van der Waals surface area contributed by atoms with Crippen molar-refractivity contribution in [2.24, 2.45) is 5.92 Å². The highest BCUT2D eigenvalue weighted by molar-refractivity contribution is 7.78. The number of nitrogens with zero attached hydrogens (tertiary/aromatic N) is 3. The number of hydrogen-bond donors (Lipinski definition) is 2. The summed E-state index contributed by atoms with van der Waals surface area (Å²) in [6.45, 7) is 5.52. The van der Waals surface area contributed by atoms with Crippen LogP contribution < -0.4 is 4.90 Å². The second kappa shape index (κ2) is 9.79. The van der Waals surface area contributed by atoms with Crippen LogP contribution in [0.4, 0.5) is 5.69 Å². The van der Waals surface area contributed by atoms with Crippen LogP contribution in [0.15, 0.2) is 48.7 Å². The smallest absolute Gasteiger partial charge is 0.157 e. The summed E-state index contributed by atoms with van der Waals surface area (Å²) in [7, 11) is 0. The molecule has 3 aromatic rings. The van der Waals surface area contributed by atoms with Crippen LogP contribution in [0.1, 0.15) is 31.2 Å². The Morgan fingerprint density at radius 2 is 1.79 bits per heavy atom. The van der Waals surface area contributed by atoms with Crippen LogP contribution in [-0.2, 0) is 16.8 Å². The van der Waals surface area contributed by atoms with Crippen molar-refractivity contribution in [3.63, 3.8) is 0 Å². The van der Waals surface area contributed by atoms with E-state index in [-0.39, 0.29) is 11.5 Å². The highest BCUT2D eigenvalue weighted by atomic mass is 32.2. The molecule has 0 spiro atoms. The Hall–Kier alpha value is -2.48. The number of piperidine rings is 1. The molecule has 0 radical (unpaired) electrons. The maximum Gasteiger partial charge on any atom is 0.157 e. The highest BCUT2D eigenvalue weighted by Gasteiger charge is 2.26. The number of fused-ring (bicyclic) bond motifs is 1. The molecule has 33 heavy (non-hydrogen) atoms. The Balaban J connectivity index is 1.49. The minimum Gasteiger partial charge on any atom is -0.507 e. The molecule has 0 amide bonds. The van der Waals surface area contributed by atoms with Crippen molar-refractivity contribution in [3.05, 3.63) is 54.2 Å². The lowest BCUT2D eigenvalue weighted by Crippen LogP contribution is -2.38. The number of rotatable bonds is 6. The second-order valence-electron chi connectivity index (χ2n) is 9.29. The summed E-state index contributed by atoms with van der Waals surface area (Å²) in [6.07, 6.45) is 6.65. The monoisotopic (exact) mass is 465 g/mol. The molecule has 2 fully saturated rings. The summed E-state index contributed by atoms with van der Waals surface area (Å²) in [4.78, 5) is 9.56. The molecule has 1 aromatic heterocycles. The molecule has 5 rings (SSSR count). The molecule has 0 aliphatic carbocycles. The summed E-state index contributed by atoms with van der Waals surface area (Å²) in [5, 5.41) is 11.3. The lowest BCUT2D eigenvalue weighted by molar-refractivity contribution is 0.249. The quantitative estimate of drug-likeness (QED) is 0.517. The van der Waals surface area contributed by atoms with Crippen LogP contribution in [0, 0.1) is 5.92 Å². The average Bonchev–Trinajstić information content (AvgIpc) is 3.32. The third kappa shape index (κ3) is 4.90. The van der Waals surface area contributed by atoms with Crippen molar-refractivity contribution >= 4 is 27.7 Å². The third-order valence-corrected chi connectivity index (χ3v) is 7.61. The molecule has 1 unspecified atom stereocenters. The number of likely N-dealkylation sites (tertiary alicyclic amines) is 1. The summed E-state index contributed by atoms with van der Waals surface area (Å²) >= 11 is -1.94. The van der Waals surface area contributed by atoms with E-state index in [0.717, 1.165) is 59.2 Å². The maximum absolute atomic E-state index is 11.7. The number of aromatic nitrogens is 1. The maximum atomic E-state index is 11.7. The first-order chi connectivity index (χ1) is 16.1.